The van der Waals surface area contributed by atoms with E-state index in [1.807, 2.05) is 0 Å². The average Bonchev–Trinajstić information content (AvgIpc) is 2.93. The minimum absolute atomic E-state index is 0.119. The van der Waals surface area contributed by atoms with Gasteiger partial charge in [0.1, 0.15) is 0 Å². The fourth-order valence-corrected chi connectivity index (χ4v) is 1.50. The van der Waals surface area contributed by atoms with Crippen LogP contribution in [-0.2, 0) is 0 Å². The lowest BCUT2D eigenvalue weighted by Gasteiger charge is -2.13. The van der Waals surface area contributed by atoms with Gasteiger partial charge in [0.2, 0.25) is 0 Å². The van der Waals surface area contributed by atoms with Gasteiger partial charge in [-0.05, 0) is 25.1 Å². The third-order valence-corrected chi connectivity index (χ3v) is 2.41. The van der Waals surface area contributed by atoms with Crippen LogP contribution in [0.4, 0.5) is 10.5 Å². The van der Waals surface area contributed by atoms with Crippen molar-refractivity contribution in [1.29, 1.82) is 0 Å². The number of hydrogen-bond donors (Lipinski definition) is 3. The maximum atomic E-state index is 11.7. The number of hydrogen-bond acceptors (Lipinski definition) is 4. The fraction of sp³-hybridized carbons (Fsp3) is 0.250. The molecule has 3 N–H and O–H groups in total. The molecule has 0 spiro atoms. The molecule has 2 aromatic heterocycles. The largest absolute Gasteiger partial charge is 0.394 e. The number of aliphatic hydroxyl groups excluding tert-OH is 1. The number of nitrogens with one attached hydrogen (secondary N) is 2. The summed E-state index contributed by atoms with van der Waals surface area (Å²) in [5, 5.41) is 18.2. The second kappa shape index (κ2) is 5.96. The van der Waals surface area contributed by atoms with E-state index in [-0.39, 0.29) is 12.6 Å². The molecule has 2 aromatic rings. The highest BCUT2D eigenvalue weighted by atomic mass is 16.3. The third kappa shape index (κ3) is 3.29. The molecule has 1 atom stereocenters. The van der Waals surface area contributed by atoms with Crippen molar-refractivity contribution < 1.29 is 9.90 Å². The molecule has 0 aromatic carbocycles. The molecule has 0 aliphatic heterocycles. The monoisotopic (exact) mass is 261 g/mol. The van der Waals surface area contributed by atoms with Crippen LogP contribution in [-0.4, -0.2) is 38.6 Å². The minimum Gasteiger partial charge on any atom is -0.394 e. The Morgan fingerprint density at radius 3 is 3.00 bits per heavy atom. The van der Waals surface area contributed by atoms with E-state index in [2.05, 4.69) is 20.7 Å². The fourth-order valence-electron chi connectivity index (χ4n) is 1.50. The van der Waals surface area contributed by atoms with E-state index >= 15 is 0 Å². The summed E-state index contributed by atoms with van der Waals surface area (Å²) in [5.41, 5.74) is 0.536. The average molecular weight is 261 g/mol. The van der Waals surface area contributed by atoms with Crippen LogP contribution in [0.25, 0.3) is 5.82 Å². The lowest BCUT2D eigenvalue weighted by Crippen LogP contribution is -2.38. The summed E-state index contributed by atoms with van der Waals surface area (Å²) in [7, 11) is 0. The molecule has 0 radical (unpaired) electrons. The molecule has 0 fully saturated rings. The minimum atomic E-state index is -0.400. The maximum absolute atomic E-state index is 11.7. The highest BCUT2D eigenvalue weighted by Crippen LogP contribution is 2.15. The van der Waals surface area contributed by atoms with Crippen molar-refractivity contribution in [3.05, 3.63) is 36.8 Å². The zero-order chi connectivity index (χ0) is 13.7. The summed E-state index contributed by atoms with van der Waals surface area (Å²) in [5.74, 6) is 0.527. The van der Waals surface area contributed by atoms with Gasteiger partial charge in [0.25, 0.3) is 0 Å². The number of nitrogens with zero attached hydrogens (tertiary/aromatic N) is 3. The molecule has 0 saturated carbocycles. The van der Waals surface area contributed by atoms with E-state index in [1.54, 1.807) is 48.4 Å². The number of carbonyl (C=O) groups excluding carboxylic acids is 1. The zero-order valence-corrected chi connectivity index (χ0v) is 10.4. The van der Waals surface area contributed by atoms with Gasteiger partial charge >= 0.3 is 6.03 Å². The van der Waals surface area contributed by atoms with Gasteiger partial charge in [0, 0.05) is 18.6 Å². The normalized spacial score (nSPS) is 11.9. The molecule has 7 heteroatoms. The number of urea groups is 1. The highest BCUT2D eigenvalue weighted by molar-refractivity contribution is 5.91. The third-order valence-electron chi connectivity index (χ3n) is 2.41. The summed E-state index contributed by atoms with van der Waals surface area (Å²) in [4.78, 5) is 15.9. The number of amides is 2. The topological polar surface area (TPSA) is 92.1 Å². The molecule has 7 nitrogen and oxygen atoms in total. The smallest absolute Gasteiger partial charge is 0.319 e. The van der Waals surface area contributed by atoms with Crippen LogP contribution in [0.5, 0.6) is 0 Å². The van der Waals surface area contributed by atoms with Gasteiger partial charge in [-0.25, -0.2) is 14.5 Å². The zero-order valence-electron chi connectivity index (χ0n) is 10.4. The maximum Gasteiger partial charge on any atom is 0.319 e. The SMILES string of the molecule is CC(CO)NC(=O)Nc1cccnc1-n1cccn1. The number of aromatic nitrogens is 3. The first-order valence-electron chi connectivity index (χ1n) is 5.84. The van der Waals surface area contributed by atoms with Crippen LogP contribution >= 0.6 is 0 Å². The van der Waals surface area contributed by atoms with Crippen molar-refractivity contribution in [3.63, 3.8) is 0 Å². The molecule has 0 saturated heterocycles. The number of pyridine rings is 1. The lowest BCUT2D eigenvalue weighted by atomic mass is 10.3. The Balaban J connectivity index is 2.15. The van der Waals surface area contributed by atoms with Gasteiger partial charge in [0.05, 0.1) is 18.3 Å². The second-order valence-corrected chi connectivity index (χ2v) is 4.01. The quantitative estimate of drug-likeness (QED) is 0.758. The van der Waals surface area contributed by atoms with Gasteiger partial charge in [-0.1, -0.05) is 0 Å². The van der Waals surface area contributed by atoms with Gasteiger partial charge in [0.15, 0.2) is 5.82 Å². The molecule has 100 valence electrons. The van der Waals surface area contributed by atoms with Crippen LogP contribution in [0.2, 0.25) is 0 Å². The molecule has 2 heterocycles. The summed E-state index contributed by atoms with van der Waals surface area (Å²) >= 11 is 0. The van der Waals surface area contributed by atoms with Crippen LogP contribution in [0, 0.1) is 0 Å². The van der Waals surface area contributed by atoms with E-state index in [0.29, 0.717) is 11.5 Å². The van der Waals surface area contributed by atoms with E-state index in [1.165, 1.54) is 0 Å². The van der Waals surface area contributed by atoms with Gasteiger partial charge < -0.3 is 15.7 Å². The number of aliphatic hydroxyl groups is 1. The highest BCUT2D eigenvalue weighted by Gasteiger charge is 2.10. The standard InChI is InChI=1S/C12H15N5O2/c1-9(8-18)15-12(19)16-10-4-2-5-13-11(10)17-7-3-6-14-17/h2-7,9,18H,8H2,1H3,(H2,15,16,19). The van der Waals surface area contributed by atoms with Crippen LogP contribution in [0.1, 0.15) is 6.92 Å². The summed E-state index contributed by atoms with van der Waals surface area (Å²) in [6.45, 7) is 1.59. The molecule has 19 heavy (non-hydrogen) atoms. The summed E-state index contributed by atoms with van der Waals surface area (Å²) in [6.07, 6.45) is 4.99. The predicted octanol–water partition coefficient (Wildman–Crippen LogP) is 0.770. The molecule has 1 unspecified atom stereocenters. The summed E-state index contributed by atoms with van der Waals surface area (Å²) < 4.78 is 1.56. The lowest BCUT2D eigenvalue weighted by molar-refractivity contribution is 0.229. The van der Waals surface area contributed by atoms with Gasteiger partial charge in [-0.3, -0.25) is 0 Å². The van der Waals surface area contributed by atoms with Gasteiger partial charge in [-0.15, -0.1) is 0 Å². The second-order valence-electron chi connectivity index (χ2n) is 4.01. The van der Waals surface area contributed by atoms with Crippen LogP contribution < -0.4 is 10.6 Å². The van der Waals surface area contributed by atoms with Crippen molar-refractivity contribution in [2.24, 2.45) is 0 Å². The van der Waals surface area contributed by atoms with Crippen molar-refractivity contribution in [2.75, 3.05) is 11.9 Å². The van der Waals surface area contributed by atoms with Gasteiger partial charge in [-0.2, -0.15) is 5.10 Å². The first-order valence-corrected chi connectivity index (χ1v) is 5.84. The van der Waals surface area contributed by atoms with E-state index in [9.17, 15) is 4.79 Å². The van der Waals surface area contributed by atoms with Crippen LogP contribution in [0.15, 0.2) is 36.8 Å². The Bertz CT molecular complexity index is 541. The molecular weight excluding hydrogens is 246 g/mol. The molecular formula is C12H15N5O2. The predicted molar refractivity (Wildman–Crippen MR) is 70.1 cm³/mol. The van der Waals surface area contributed by atoms with Crippen molar-refractivity contribution in [2.45, 2.75) is 13.0 Å². The Hall–Kier alpha value is -2.41. The van der Waals surface area contributed by atoms with E-state index in [0.717, 1.165) is 0 Å². The van der Waals surface area contributed by atoms with Crippen molar-refractivity contribution in [1.82, 2.24) is 20.1 Å². The Morgan fingerprint density at radius 1 is 1.47 bits per heavy atom. The van der Waals surface area contributed by atoms with Crippen molar-refractivity contribution >= 4 is 11.7 Å². The van der Waals surface area contributed by atoms with Crippen molar-refractivity contribution in [3.8, 4) is 5.82 Å². The number of rotatable bonds is 4. The molecule has 2 amide bonds. The Kier molecular flexibility index (Phi) is 4.09. The number of anilines is 1. The van der Waals surface area contributed by atoms with E-state index in [4.69, 9.17) is 5.11 Å². The molecule has 0 aliphatic rings. The molecule has 0 aliphatic carbocycles. The number of carbonyl (C=O) groups is 1. The first-order chi connectivity index (χ1) is 9.20. The first kappa shape index (κ1) is 13.0. The molecule has 2 rings (SSSR count). The van der Waals surface area contributed by atoms with E-state index < -0.39 is 6.03 Å². The Labute approximate surface area is 110 Å². The summed E-state index contributed by atoms with van der Waals surface area (Å²) in [6, 6.07) is 4.50. The molecule has 0 bridgehead atoms. The van der Waals surface area contributed by atoms with Crippen LogP contribution in [0.3, 0.4) is 0 Å². The Morgan fingerprint density at radius 2 is 2.32 bits per heavy atom.